The largest absolute Gasteiger partial charge is 0.516 e. The average molecular weight is 478 g/mol. The number of rotatable bonds is 5. The van der Waals surface area contributed by atoms with Crippen LogP contribution in [0.2, 0.25) is 0 Å². The lowest BCUT2D eigenvalue weighted by Gasteiger charge is -2.17. The molecule has 174 valence electrons. The number of amides is 1. The number of non-ortho nitro benzene ring substituents is 1. The topological polar surface area (TPSA) is 173 Å². The zero-order chi connectivity index (χ0) is 24.9. The number of aromatic carboxylic acids is 1. The summed E-state index contributed by atoms with van der Waals surface area (Å²) in [4.78, 5) is 32.8. The fourth-order valence-electron chi connectivity index (χ4n) is 2.05. The Balaban J connectivity index is 0.000000363. The minimum absolute atomic E-state index is 0.0794. The number of nitrogens with one attached hydrogen (secondary N) is 1. The highest BCUT2D eigenvalue weighted by atomic mass is 32.2. The van der Waals surface area contributed by atoms with Gasteiger partial charge in [0.05, 0.1) is 27.4 Å². The number of carbonyl (C=O) groups excluding carboxylic acids is 1. The Bertz CT molecular complexity index is 1110. The van der Waals surface area contributed by atoms with Crippen LogP contribution in [0.3, 0.4) is 0 Å². The van der Waals surface area contributed by atoms with Crippen LogP contribution in [0.1, 0.15) is 20.7 Å². The second-order valence-corrected chi connectivity index (χ2v) is 7.81. The van der Waals surface area contributed by atoms with Gasteiger partial charge in [0.15, 0.2) is 0 Å². The van der Waals surface area contributed by atoms with E-state index in [4.69, 9.17) is 10.8 Å². The number of hydrogen-bond donors (Lipinski definition) is 3. The van der Waals surface area contributed by atoms with Crippen molar-refractivity contribution in [1.29, 1.82) is 0 Å². The Morgan fingerprint density at radius 1 is 1.16 bits per heavy atom. The first kappa shape index (κ1) is 26.2. The van der Waals surface area contributed by atoms with Crippen LogP contribution in [0.25, 0.3) is 0 Å². The minimum Gasteiger partial charge on any atom is -0.478 e. The Morgan fingerprint density at radius 3 is 2.19 bits per heavy atom. The van der Waals surface area contributed by atoms with Crippen molar-refractivity contribution in [2.45, 2.75) is 5.51 Å². The van der Waals surface area contributed by atoms with Gasteiger partial charge in [-0.3, -0.25) is 19.6 Å². The van der Waals surface area contributed by atoms with Gasteiger partial charge in [0.1, 0.15) is 0 Å². The van der Waals surface area contributed by atoms with Crippen LogP contribution < -0.4 is 10.5 Å². The number of anilines is 2. The van der Waals surface area contributed by atoms with Crippen molar-refractivity contribution in [2.24, 2.45) is 0 Å². The molecule has 4 N–H and O–H groups in total. The molecule has 32 heavy (non-hydrogen) atoms. The first-order valence-electron chi connectivity index (χ1n) is 8.25. The molecule has 0 bridgehead atoms. The Labute approximate surface area is 179 Å². The molecule has 0 fully saturated rings. The molecule has 0 spiro atoms. The second-order valence-electron chi connectivity index (χ2n) is 6.13. The summed E-state index contributed by atoms with van der Waals surface area (Å²) >= 11 is 0. The number of alkyl halides is 3. The molecule has 0 aromatic heterocycles. The molecule has 0 saturated heterocycles. The summed E-state index contributed by atoms with van der Waals surface area (Å²) in [6.07, 6.45) is 0. The highest BCUT2D eigenvalue weighted by Crippen LogP contribution is 2.30. The summed E-state index contributed by atoms with van der Waals surface area (Å²) in [5.41, 5.74) is -1.51. The Hall–Kier alpha value is -3.88. The van der Waals surface area contributed by atoms with Crippen LogP contribution in [0.5, 0.6) is 0 Å². The van der Waals surface area contributed by atoms with Gasteiger partial charge in [0, 0.05) is 26.2 Å². The standard InChI is InChI=1S/C10H12F3N3O3S.C7H5NO4/c1-16(2)9(17)6-4-3-5-7(14)8(6)15-20(18,19)10(11,12)13;9-7(10)5-2-1-3-6(4-5)8(11)12/h3-5,15H,14H2,1-2H3;1-4H,(H,9,10). The molecule has 0 unspecified atom stereocenters. The van der Waals surface area contributed by atoms with E-state index in [-0.39, 0.29) is 22.5 Å². The van der Waals surface area contributed by atoms with E-state index >= 15 is 0 Å². The number of para-hydroxylation sites is 1. The van der Waals surface area contributed by atoms with Gasteiger partial charge < -0.3 is 15.7 Å². The van der Waals surface area contributed by atoms with Crippen molar-refractivity contribution < 1.29 is 41.2 Å². The number of nitrogens with two attached hydrogens (primary N) is 1. The smallest absolute Gasteiger partial charge is 0.478 e. The number of hydrogen-bond acceptors (Lipinski definition) is 7. The fourth-order valence-corrected chi connectivity index (χ4v) is 2.66. The van der Waals surface area contributed by atoms with Crippen molar-refractivity contribution in [1.82, 2.24) is 4.90 Å². The highest BCUT2D eigenvalue weighted by molar-refractivity contribution is 7.93. The lowest BCUT2D eigenvalue weighted by Crippen LogP contribution is -2.32. The zero-order valence-electron chi connectivity index (χ0n) is 16.5. The molecule has 0 heterocycles. The number of carboxylic acid groups (broad SMARTS) is 1. The summed E-state index contributed by atoms with van der Waals surface area (Å²) in [5.74, 6) is -1.85. The van der Waals surface area contributed by atoms with E-state index in [0.29, 0.717) is 0 Å². The Morgan fingerprint density at radius 2 is 1.72 bits per heavy atom. The van der Waals surface area contributed by atoms with E-state index in [1.54, 1.807) is 0 Å². The quantitative estimate of drug-likeness (QED) is 0.334. The minimum atomic E-state index is -5.66. The number of halogens is 3. The number of nitro benzene ring substituents is 1. The number of carboxylic acids is 1. The molecular weight excluding hydrogens is 461 g/mol. The zero-order valence-corrected chi connectivity index (χ0v) is 17.3. The summed E-state index contributed by atoms with van der Waals surface area (Å²) in [7, 11) is -2.92. The number of carbonyl (C=O) groups is 2. The second kappa shape index (κ2) is 9.95. The molecule has 0 saturated carbocycles. The van der Waals surface area contributed by atoms with Gasteiger partial charge in [-0.05, 0) is 18.2 Å². The molecule has 2 rings (SSSR count). The fraction of sp³-hybridized carbons (Fsp3) is 0.176. The van der Waals surface area contributed by atoms with Crippen LogP contribution in [-0.2, 0) is 10.0 Å². The number of nitro groups is 1. The van der Waals surface area contributed by atoms with Crippen molar-refractivity contribution in [3.8, 4) is 0 Å². The van der Waals surface area contributed by atoms with Gasteiger partial charge in [-0.1, -0.05) is 12.1 Å². The third kappa shape index (κ3) is 6.56. The lowest BCUT2D eigenvalue weighted by molar-refractivity contribution is -0.384. The number of nitrogens with zero attached hydrogens (tertiary/aromatic N) is 2. The van der Waals surface area contributed by atoms with Gasteiger partial charge in [-0.2, -0.15) is 21.6 Å². The molecule has 2 aromatic rings. The molecule has 0 aliphatic carbocycles. The predicted molar refractivity (Wildman–Crippen MR) is 108 cm³/mol. The van der Waals surface area contributed by atoms with Crippen LogP contribution in [0, 0.1) is 10.1 Å². The first-order chi connectivity index (χ1) is 14.6. The molecular formula is C17H17F3N4O7S. The average Bonchev–Trinajstić information content (AvgIpc) is 2.68. The summed E-state index contributed by atoms with van der Waals surface area (Å²) in [6.45, 7) is 0. The summed E-state index contributed by atoms with van der Waals surface area (Å²) in [5, 5.41) is 18.7. The van der Waals surface area contributed by atoms with Crippen molar-refractivity contribution in [3.63, 3.8) is 0 Å². The summed E-state index contributed by atoms with van der Waals surface area (Å²) < 4.78 is 60.6. The Kier molecular flexibility index (Phi) is 8.13. The maximum Gasteiger partial charge on any atom is 0.516 e. The maximum atomic E-state index is 12.4. The molecule has 15 heteroatoms. The van der Waals surface area contributed by atoms with Gasteiger partial charge in [0.2, 0.25) is 0 Å². The van der Waals surface area contributed by atoms with E-state index in [9.17, 15) is 41.3 Å². The van der Waals surface area contributed by atoms with E-state index in [0.717, 1.165) is 11.0 Å². The molecule has 2 aromatic carbocycles. The van der Waals surface area contributed by atoms with Crippen LogP contribution in [0.4, 0.5) is 30.2 Å². The molecule has 1 amide bonds. The third-order valence-electron chi connectivity index (χ3n) is 3.58. The number of nitrogen functional groups attached to an aromatic ring is 1. The van der Waals surface area contributed by atoms with Gasteiger partial charge in [-0.25, -0.2) is 4.79 Å². The van der Waals surface area contributed by atoms with Crippen LogP contribution >= 0.6 is 0 Å². The molecule has 0 aliphatic heterocycles. The number of sulfonamides is 1. The van der Waals surface area contributed by atoms with Crippen molar-refractivity contribution >= 4 is 39.0 Å². The normalized spacial score (nSPS) is 11.0. The molecule has 0 aliphatic rings. The molecule has 0 radical (unpaired) electrons. The van der Waals surface area contributed by atoms with Gasteiger partial charge in [-0.15, -0.1) is 0 Å². The van der Waals surface area contributed by atoms with E-state index in [2.05, 4.69) is 0 Å². The van der Waals surface area contributed by atoms with Crippen LogP contribution in [0.15, 0.2) is 42.5 Å². The van der Waals surface area contributed by atoms with Crippen molar-refractivity contribution in [3.05, 3.63) is 63.7 Å². The third-order valence-corrected chi connectivity index (χ3v) is 4.66. The van der Waals surface area contributed by atoms with Gasteiger partial charge in [0.25, 0.3) is 11.6 Å². The maximum absolute atomic E-state index is 12.4. The van der Waals surface area contributed by atoms with E-state index < -0.39 is 38.0 Å². The SMILES string of the molecule is CN(C)C(=O)c1cccc(N)c1NS(=O)(=O)C(F)(F)F.O=C(O)c1cccc([N+](=O)[O-])c1. The van der Waals surface area contributed by atoms with E-state index in [1.807, 2.05) is 0 Å². The van der Waals surface area contributed by atoms with Crippen molar-refractivity contribution in [2.75, 3.05) is 24.6 Å². The van der Waals surface area contributed by atoms with Gasteiger partial charge >= 0.3 is 21.5 Å². The highest BCUT2D eigenvalue weighted by Gasteiger charge is 2.46. The first-order valence-corrected chi connectivity index (χ1v) is 9.73. The van der Waals surface area contributed by atoms with Crippen LogP contribution in [-0.4, -0.2) is 54.8 Å². The number of benzene rings is 2. The molecule has 11 nitrogen and oxygen atoms in total. The summed E-state index contributed by atoms with van der Waals surface area (Å²) in [6, 6.07) is 8.58. The molecule has 0 atom stereocenters. The van der Waals surface area contributed by atoms with E-state index in [1.165, 1.54) is 55.2 Å². The monoisotopic (exact) mass is 478 g/mol. The lowest BCUT2D eigenvalue weighted by atomic mass is 10.1. The predicted octanol–water partition coefficient (Wildman–Crippen LogP) is 2.53.